The van der Waals surface area contributed by atoms with Crippen molar-refractivity contribution >= 4 is 11.4 Å². The Kier molecular flexibility index (Phi) is 4.36. The van der Waals surface area contributed by atoms with Gasteiger partial charge in [0.2, 0.25) is 0 Å². The summed E-state index contributed by atoms with van der Waals surface area (Å²) in [5, 5.41) is 2.87. The molecule has 1 atom stereocenters. The lowest BCUT2D eigenvalue weighted by atomic mass is 10.2. The molecule has 18 heavy (non-hydrogen) atoms. The summed E-state index contributed by atoms with van der Waals surface area (Å²) in [7, 11) is 0. The number of anilines is 2. The van der Waals surface area contributed by atoms with E-state index in [-0.39, 0.29) is 0 Å². The average molecular weight is 256 g/mol. The van der Waals surface area contributed by atoms with Gasteiger partial charge in [-0.3, -0.25) is 0 Å². The van der Waals surface area contributed by atoms with Crippen molar-refractivity contribution < 1.29 is 13.5 Å². The molecule has 0 radical (unpaired) electrons. The molecule has 0 aliphatic carbocycles. The number of ether oxygens (including phenoxy) is 1. The lowest BCUT2D eigenvalue weighted by molar-refractivity contribution is 0.122. The molecule has 2 rings (SSSR count). The van der Waals surface area contributed by atoms with Gasteiger partial charge in [-0.25, -0.2) is 8.78 Å². The van der Waals surface area contributed by atoms with E-state index in [1.165, 1.54) is 6.92 Å². The number of benzene rings is 1. The molecule has 1 N–H and O–H groups in total. The van der Waals surface area contributed by atoms with Crippen LogP contribution in [0.2, 0.25) is 0 Å². The minimum Gasteiger partial charge on any atom is -0.378 e. The van der Waals surface area contributed by atoms with Crippen molar-refractivity contribution in [2.24, 2.45) is 0 Å². The summed E-state index contributed by atoms with van der Waals surface area (Å²) in [5.74, 6) is 0. The number of alkyl halides is 2. The molecule has 1 fully saturated rings. The largest absolute Gasteiger partial charge is 0.378 e. The van der Waals surface area contributed by atoms with Crippen LogP contribution in [-0.4, -0.2) is 38.8 Å². The van der Waals surface area contributed by atoms with Crippen molar-refractivity contribution in [3.05, 3.63) is 24.3 Å². The maximum Gasteiger partial charge on any atom is 0.258 e. The Balaban J connectivity index is 2.14. The number of morpholine rings is 1. The third kappa shape index (κ3) is 3.10. The molecule has 0 bridgehead atoms. The Hall–Kier alpha value is -1.36. The maximum absolute atomic E-state index is 12.6. The molecule has 1 aliphatic heterocycles. The molecule has 100 valence electrons. The topological polar surface area (TPSA) is 24.5 Å². The number of hydrogen-bond acceptors (Lipinski definition) is 3. The molecule has 1 aliphatic rings. The predicted molar refractivity (Wildman–Crippen MR) is 68.6 cm³/mol. The zero-order valence-electron chi connectivity index (χ0n) is 10.4. The molecule has 0 saturated carbocycles. The van der Waals surface area contributed by atoms with Gasteiger partial charge >= 0.3 is 0 Å². The standard InChI is InChI=1S/C13H18F2N2O/c1-10(13(14)15)16-11-4-2-3-5-12(11)17-6-8-18-9-7-17/h2-5,10,13,16H,6-9H2,1H3. The Morgan fingerprint density at radius 2 is 1.89 bits per heavy atom. The van der Waals surface area contributed by atoms with Crippen molar-refractivity contribution in [2.75, 3.05) is 36.5 Å². The highest BCUT2D eigenvalue weighted by atomic mass is 19.3. The molecular weight excluding hydrogens is 238 g/mol. The van der Waals surface area contributed by atoms with E-state index in [4.69, 9.17) is 4.74 Å². The van der Waals surface area contributed by atoms with Gasteiger partial charge in [-0.05, 0) is 19.1 Å². The first-order valence-electron chi connectivity index (χ1n) is 6.15. The Bertz CT molecular complexity index is 381. The summed E-state index contributed by atoms with van der Waals surface area (Å²) in [6.45, 7) is 4.43. The highest BCUT2D eigenvalue weighted by Gasteiger charge is 2.18. The van der Waals surface area contributed by atoms with Crippen LogP contribution in [0.3, 0.4) is 0 Å². The lowest BCUT2D eigenvalue weighted by Crippen LogP contribution is -2.37. The number of hydrogen-bond donors (Lipinski definition) is 1. The molecule has 5 heteroatoms. The number of halogens is 2. The van der Waals surface area contributed by atoms with Crippen molar-refractivity contribution in [3.63, 3.8) is 0 Å². The van der Waals surface area contributed by atoms with E-state index in [0.29, 0.717) is 13.2 Å². The maximum atomic E-state index is 12.6. The molecule has 0 aromatic heterocycles. The van der Waals surface area contributed by atoms with Crippen LogP contribution in [0.5, 0.6) is 0 Å². The van der Waals surface area contributed by atoms with Gasteiger partial charge in [0, 0.05) is 13.1 Å². The van der Waals surface area contributed by atoms with Crippen LogP contribution in [0.25, 0.3) is 0 Å². The minimum absolute atomic E-state index is 0.679. The number of para-hydroxylation sites is 2. The van der Waals surface area contributed by atoms with Crippen LogP contribution in [-0.2, 0) is 4.74 Å². The molecule has 0 amide bonds. The highest BCUT2D eigenvalue weighted by molar-refractivity contribution is 5.70. The van der Waals surface area contributed by atoms with Crippen LogP contribution >= 0.6 is 0 Å². The van der Waals surface area contributed by atoms with Gasteiger partial charge in [0.1, 0.15) is 0 Å². The van der Waals surface area contributed by atoms with Gasteiger partial charge in [0.05, 0.1) is 30.6 Å². The van der Waals surface area contributed by atoms with Crippen molar-refractivity contribution in [1.29, 1.82) is 0 Å². The fraction of sp³-hybridized carbons (Fsp3) is 0.538. The molecule has 0 spiro atoms. The van der Waals surface area contributed by atoms with E-state index >= 15 is 0 Å². The van der Waals surface area contributed by atoms with Gasteiger partial charge in [-0.15, -0.1) is 0 Å². The monoisotopic (exact) mass is 256 g/mol. The zero-order chi connectivity index (χ0) is 13.0. The first-order valence-corrected chi connectivity index (χ1v) is 6.15. The van der Waals surface area contributed by atoms with E-state index < -0.39 is 12.5 Å². The van der Waals surface area contributed by atoms with Gasteiger partial charge in [0.25, 0.3) is 6.43 Å². The molecular formula is C13H18F2N2O. The molecule has 3 nitrogen and oxygen atoms in total. The Morgan fingerprint density at radius 3 is 2.56 bits per heavy atom. The zero-order valence-corrected chi connectivity index (χ0v) is 10.4. The predicted octanol–water partition coefficient (Wildman–Crippen LogP) is 2.59. The third-order valence-corrected chi connectivity index (χ3v) is 3.02. The first kappa shape index (κ1) is 13.1. The summed E-state index contributed by atoms with van der Waals surface area (Å²) in [4.78, 5) is 2.16. The second-order valence-electron chi connectivity index (χ2n) is 4.38. The fourth-order valence-electron chi connectivity index (χ4n) is 1.98. The van der Waals surface area contributed by atoms with Crippen LogP contribution in [0, 0.1) is 0 Å². The Labute approximate surface area is 106 Å². The lowest BCUT2D eigenvalue weighted by Gasteiger charge is -2.31. The summed E-state index contributed by atoms with van der Waals surface area (Å²) >= 11 is 0. The molecule has 1 unspecified atom stereocenters. The normalized spacial score (nSPS) is 17.9. The van der Waals surface area contributed by atoms with E-state index in [0.717, 1.165) is 24.5 Å². The van der Waals surface area contributed by atoms with Crippen molar-refractivity contribution in [3.8, 4) is 0 Å². The van der Waals surface area contributed by atoms with Crippen LogP contribution < -0.4 is 10.2 Å². The van der Waals surface area contributed by atoms with Gasteiger partial charge in [0.15, 0.2) is 0 Å². The summed E-state index contributed by atoms with van der Waals surface area (Å²) in [6, 6.07) is 6.70. The smallest absolute Gasteiger partial charge is 0.258 e. The van der Waals surface area contributed by atoms with Crippen molar-refractivity contribution in [1.82, 2.24) is 0 Å². The van der Waals surface area contributed by atoms with Crippen LogP contribution in [0.1, 0.15) is 6.92 Å². The quantitative estimate of drug-likeness (QED) is 0.896. The van der Waals surface area contributed by atoms with Crippen LogP contribution in [0.15, 0.2) is 24.3 Å². The highest BCUT2D eigenvalue weighted by Crippen LogP contribution is 2.27. The van der Waals surface area contributed by atoms with Gasteiger partial charge in [-0.2, -0.15) is 0 Å². The second-order valence-corrected chi connectivity index (χ2v) is 4.38. The number of nitrogens with zero attached hydrogens (tertiary/aromatic N) is 1. The molecule has 1 aromatic rings. The summed E-state index contributed by atoms with van der Waals surface area (Å²) < 4.78 is 30.5. The summed E-state index contributed by atoms with van der Waals surface area (Å²) in [6.07, 6.45) is -2.37. The third-order valence-electron chi connectivity index (χ3n) is 3.02. The molecule has 1 saturated heterocycles. The van der Waals surface area contributed by atoms with E-state index in [2.05, 4.69) is 10.2 Å². The van der Waals surface area contributed by atoms with Gasteiger partial charge < -0.3 is 15.0 Å². The van der Waals surface area contributed by atoms with Crippen molar-refractivity contribution in [2.45, 2.75) is 19.4 Å². The van der Waals surface area contributed by atoms with E-state index in [9.17, 15) is 8.78 Å². The number of nitrogens with one attached hydrogen (secondary N) is 1. The fourth-order valence-corrected chi connectivity index (χ4v) is 1.98. The SMILES string of the molecule is CC(Nc1ccccc1N1CCOCC1)C(F)F. The number of rotatable bonds is 4. The minimum atomic E-state index is -2.37. The first-order chi connectivity index (χ1) is 8.68. The second kappa shape index (κ2) is 6.00. The summed E-state index contributed by atoms with van der Waals surface area (Å²) in [5.41, 5.74) is 1.72. The molecule has 1 heterocycles. The average Bonchev–Trinajstić information content (AvgIpc) is 2.40. The van der Waals surface area contributed by atoms with E-state index in [1.807, 2.05) is 24.3 Å². The van der Waals surface area contributed by atoms with E-state index in [1.54, 1.807) is 0 Å². The Morgan fingerprint density at radius 1 is 1.22 bits per heavy atom. The molecule has 1 aromatic carbocycles. The van der Waals surface area contributed by atoms with Gasteiger partial charge in [-0.1, -0.05) is 12.1 Å². The van der Waals surface area contributed by atoms with Crippen LogP contribution in [0.4, 0.5) is 20.2 Å².